The molecule has 0 bridgehead atoms. The molecule has 0 spiro atoms. The molecule has 0 saturated carbocycles. The molecule has 0 aliphatic heterocycles. The number of aromatic nitrogens is 4. The second-order valence-electron chi connectivity index (χ2n) is 4.91. The summed E-state index contributed by atoms with van der Waals surface area (Å²) in [5.74, 6) is 2.14. The molecule has 7 heteroatoms. The summed E-state index contributed by atoms with van der Waals surface area (Å²) in [4.78, 5) is 24.4. The van der Waals surface area contributed by atoms with Crippen molar-refractivity contribution in [1.29, 1.82) is 0 Å². The van der Waals surface area contributed by atoms with Gasteiger partial charge in [0.2, 0.25) is 0 Å². The van der Waals surface area contributed by atoms with Gasteiger partial charge in [0.25, 0.3) is 6.47 Å². The highest BCUT2D eigenvalue weighted by molar-refractivity contribution is 5.37. The van der Waals surface area contributed by atoms with Gasteiger partial charge >= 0.3 is 0 Å². The van der Waals surface area contributed by atoms with Crippen LogP contribution in [0.25, 0.3) is 0 Å². The molecule has 0 fully saturated rings. The van der Waals surface area contributed by atoms with E-state index in [1.54, 1.807) is 6.33 Å². The number of aromatic amines is 1. The summed E-state index contributed by atoms with van der Waals surface area (Å²) in [6.07, 6.45) is 3.42. The predicted molar refractivity (Wildman–Crippen MR) is 80.2 cm³/mol. The van der Waals surface area contributed by atoms with Crippen LogP contribution in [-0.4, -0.2) is 31.5 Å². The fourth-order valence-corrected chi connectivity index (χ4v) is 1.71. The number of nitrogens with zero attached hydrogens (tertiary/aromatic N) is 3. The number of imidazole rings is 1. The van der Waals surface area contributed by atoms with Crippen molar-refractivity contribution in [3.63, 3.8) is 0 Å². The zero-order chi connectivity index (χ0) is 15.8. The van der Waals surface area contributed by atoms with Gasteiger partial charge in [-0.05, 0) is 19.8 Å². The molecule has 1 unspecified atom stereocenters. The first-order valence-electron chi connectivity index (χ1n) is 6.65. The van der Waals surface area contributed by atoms with Crippen molar-refractivity contribution in [3.05, 3.63) is 35.8 Å². The lowest BCUT2D eigenvalue weighted by molar-refractivity contribution is -0.122. The lowest BCUT2D eigenvalue weighted by Gasteiger charge is -2.13. The van der Waals surface area contributed by atoms with Crippen LogP contribution >= 0.6 is 0 Å². The third-order valence-electron chi connectivity index (χ3n) is 2.78. The van der Waals surface area contributed by atoms with Gasteiger partial charge in [-0.2, -0.15) is 0 Å². The zero-order valence-electron chi connectivity index (χ0n) is 12.7. The first-order chi connectivity index (χ1) is 9.97. The number of hydrogen-bond acceptors (Lipinski definition) is 5. The van der Waals surface area contributed by atoms with Crippen LogP contribution in [-0.2, 0) is 4.79 Å². The normalized spacial score (nSPS) is 11.5. The van der Waals surface area contributed by atoms with Crippen LogP contribution in [0, 0.1) is 6.92 Å². The Hall–Kier alpha value is -2.44. The third kappa shape index (κ3) is 5.21. The van der Waals surface area contributed by atoms with E-state index in [0.29, 0.717) is 5.92 Å². The molecule has 7 nitrogen and oxygen atoms in total. The summed E-state index contributed by atoms with van der Waals surface area (Å²) in [7, 11) is 0. The van der Waals surface area contributed by atoms with Crippen LogP contribution < -0.4 is 5.32 Å². The van der Waals surface area contributed by atoms with E-state index in [9.17, 15) is 0 Å². The Morgan fingerprint density at radius 2 is 1.95 bits per heavy atom. The first-order valence-corrected chi connectivity index (χ1v) is 6.65. The van der Waals surface area contributed by atoms with Crippen molar-refractivity contribution in [1.82, 2.24) is 19.9 Å². The van der Waals surface area contributed by atoms with E-state index < -0.39 is 0 Å². The van der Waals surface area contributed by atoms with Crippen LogP contribution in [0.15, 0.2) is 18.6 Å². The van der Waals surface area contributed by atoms with Gasteiger partial charge in [-0.25, -0.2) is 15.0 Å². The average Bonchev–Trinajstić information content (AvgIpc) is 2.87. The third-order valence-corrected chi connectivity index (χ3v) is 2.78. The molecular formula is C14H21N5O2. The van der Waals surface area contributed by atoms with Crippen molar-refractivity contribution >= 4 is 12.3 Å². The highest BCUT2D eigenvalue weighted by Gasteiger charge is 2.10. The molecule has 0 aromatic carbocycles. The van der Waals surface area contributed by atoms with E-state index in [0.717, 1.165) is 23.0 Å². The van der Waals surface area contributed by atoms with E-state index in [1.807, 2.05) is 19.2 Å². The fraction of sp³-hybridized carbons (Fsp3) is 0.429. The molecule has 3 N–H and O–H groups in total. The fourth-order valence-electron chi connectivity index (χ4n) is 1.71. The Bertz CT molecular complexity index is 568. The lowest BCUT2D eigenvalue weighted by Crippen LogP contribution is -2.10. The Labute approximate surface area is 123 Å². The minimum absolute atomic E-state index is 0.0913. The summed E-state index contributed by atoms with van der Waals surface area (Å²) in [6, 6.07) is 2.07. The maximum atomic E-state index is 8.36. The first kappa shape index (κ1) is 16.6. The summed E-state index contributed by atoms with van der Waals surface area (Å²) in [5, 5.41) is 10.2. The Balaban J connectivity index is 0.000000677. The van der Waals surface area contributed by atoms with Crippen molar-refractivity contribution in [2.24, 2.45) is 0 Å². The number of hydrogen-bond donors (Lipinski definition) is 3. The molecular weight excluding hydrogens is 270 g/mol. The summed E-state index contributed by atoms with van der Waals surface area (Å²) in [6.45, 7) is 8.02. The van der Waals surface area contributed by atoms with Crippen LogP contribution in [0.4, 0.5) is 5.82 Å². The van der Waals surface area contributed by atoms with Gasteiger partial charge in [-0.1, -0.05) is 13.8 Å². The number of carboxylic acid groups (broad SMARTS) is 1. The molecule has 0 aliphatic carbocycles. The van der Waals surface area contributed by atoms with Crippen molar-refractivity contribution < 1.29 is 9.90 Å². The molecule has 2 aromatic heterocycles. The second-order valence-corrected chi connectivity index (χ2v) is 4.91. The summed E-state index contributed by atoms with van der Waals surface area (Å²) < 4.78 is 0. The van der Waals surface area contributed by atoms with Crippen LogP contribution in [0.1, 0.15) is 49.9 Å². The van der Waals surface area contributed by atoms with Gasteiger partial charge in [-0.3, -0.25) is 4.79 Å². The van der Waals surface area contributed by atoms with Crippen LogP contribution in [0.3, 0.4) is 0 Å². The second kappa shape index (κ2) is 7.98. The smallest absolute Gasteiger partial charge is 0.290 e. The molecule has 0 amide bonds. The van der Waals surface area contributed by atoms with Crippen LogP contribution in [0.2, 0.25) is 0 Å². The van der Waals surface area contributed by atoms with Gasteiger partial charge < -0.3 is 15.4 Å². The Morgan fingerprint density at radius 3 is 2.48 bits per heavy atom. The number of aryl methyl sites for hydroxylation is 1. The summed E-state index contributed by atoms with van der Waals surface area (Å²) >= 11 is 0. The van der Waals surface area contributed by atoms with Gasteiger partial charge in [0.05, 0.1) is 6.04 Å². The number of carbonyl (C=O) groups is 1. The van der Waals surface area contributed by atoms with Crippen molar-refractivity contribution in [2.75, 3.05) is 5.32 Å². The number of anilines is 1. The highest BCUT2D eigenvalue weighted by atomic mass is 16.3. The number of nitrogens with one attached hydrogen (secondary N) is 2. The van der Waals surface area contributed by atoms with Gasteiger partial charge in [0, 0.05) is 23.7 Å². The standard InChI is InChI=1S/C13H19N5.CH2O2/c1-8(2)11-5-12(16-7-15-11)18-10(4)13-14-6-9(3)17-13;2-1-3/h5-8,10H,1-4H3,(H,14,17)(H,15,16,18);1H,(H,2,3). The van der Waals surface area contributed by atoms with Gasteiger partial charge in [-0.15, -0.1) is 0 Å². The highest BCUT2D eigenvalue weighted by Crippen LogP contribution is 2.18. The Kier molecular flexibility index (Phi) is 6.32. The monoisotopic (exact) mass is 291 g/mol. The van der Waals surface area contributed by atoms with E-state index in [1.165, 1.54) is 0 Å². The number of H-pyrrole nitrogens is 1. The minimum atomic E-state index is -0.250. The van der Waals surface area contributed by atoms with E-state index in [2.05, 4.69) is 46.0 Å². The molecule has 21 heavy (non-hydrogen) atoms. The van der Waals surface area contributed by atoms with E-state index >= 15 is 0 Å². The molecule has 2 aromatic rings. The lowest BCUT2D eigenvalue weighted by atomic mass is 10.1. The largest absolute Gasteiger partial charge is 0.483 e. The molecule has 0 aliphatic rings. The van der Waals surface area contributed by atoms with Gasteiger partial charge in [0.1, 0.15) is 18.0 Å². The molecule has 0 saturated heterocycles. The van der Waals surface area contributed by atoms with Crippen molar-refractivity contribution in [2.45, 2.75) is 39.7 Å². The quantitative estimate of drug-likeness (QED) is 0.748. The molecule has 2 heterocycles. The van der Waals surface area contributed by atoms with Crippen molar-refractivity contribution in [3.8, 4) is 0 Å². The molecule has 1 atom stereocenters. The maximum Gasteiger partial charge on any atom is 0.290 e. The summed E-state index contributed by atoms with van der Waals surface area (Å²) in [5.41, 5.74) is 2.10. The molecule has 2 rings (SSSR count). The van der Waals surface area contributed by atoms with Gasteiger partial charge in [0.15, 0.2) is 0 Å². The van der Waals surface area contributed by atoms with Crippen LogP contribution in [0.5, 0.6) is 0 Å². The predicted octanol–water partition coefficient (Wildman–Crippen LogP) is 2.51. The average molecular weight is 291 g/mol. The van der Waals surface area contributed by atoms with E-state index in [4.69, 9.17) is 9.90 Å². The Morgan fingerprint density at radius 1 is 1.29 bits per heavy atom. The van der Waals surface area contributed by atoms with E-state index in [-0.39, 0.29) is 12.5 Å². The zero-order valence-corrected chi connectivity index (χ0v) is 12.7. The number of rotatable bonds is 4. The molecule has 114 valence electrons. The SMILES string of the molecule is Cc1cnc(C(C)Nc2cc(C(C)C)ncn2)[nH]1.O=CO. The topological polar surface area (TPSA) is 104 Å². The maximum absolute atomic E-state index is 8.36. The minimum Gasteiger partial charge on any atom is -0.483 e. The molecule has 0 radical (unpaired) electrons.